The molecule has 14 heteroatoms. The van der Waals surface area contributed by atoms with Crippen molar-refractivity contribution in [3.63, 3.8) is 0 Å². The van der Waals surface area contributed by atoms with E-state index in [1.807, 2.05) is 0 Å². The van der Waals surface area contributed by atoms with Gasteiger partial charge < -0.3 is 9.05 Å². The Balaban J connectivity index is 0.000000378. The zero-order valence-corrected chi connectivity index (χ0v) is 23.9. The number of hydrogen-bond donors (Lipinski definition) is 1. The Morgan fingerprint density at radius 2 is 1.56 bits per heavy atom. The summed E-state index contributed by atoms with van der Waals surface area (Å²) >= 11 is 21.9. The molecule has 2 saturated heterocycles. The van der Waals surface area contributed by atoms with Gasteiger partial charge in [0.05, 0.1) is 13.2 Å². The summed E-state index contributed by atoms with van der Waals surface area (Å²) in [5, 5.41) is 2.28. The molecular formula is C22H38Cl4N4O4P2. The first kappa shape index (κ1) is 16.1. The van der Waals surface area contributed by atoms with Crippen molar-refractivity contribution in [2.75, 3.05) is 75.6 Å². The van der Waals surface area contributed by atoms with E-state index in [9.17, 15) is 9.13 Å². The van der Waals surface area contributed by atoms with E-state index >= 15 is 0 Å². The molecule has 1 aromatic carbocycles. The fourth-order valence-corrected chi connectivity index (χ4v) is 7.51. The Hall–Kier alpha value is 0.600. The molecule has 3 unspecified atom stereocenters. The monoisotopic (exact) mass is 648 g/mol. The van der Waals surface area contributed by atoms with Gasteiger partial charge in [-0.15, -0.1) is 46.4 Å². The van der Waals surface area contributed by atoms with E-state index in [-0.39, 0.29) is 35.6 Å². The van der Waals surface area contributed by atoms with Gasteiger partial charge in [-0.2, -0.15) is 0 Å². The van der Waals surface area contributed by atoms with Crippen molar-refractivity contribution in [2.24, 2.45) is 0 Å². The first-order chi connectivity index (χ1) is 23.1. The first-order valence-electron chi connectivity index (χ1n) is 18.5. The van der Waals surface area contributed by atoms with Crippen LogP contribution in [-0.2, 0) is 18.2 Å². The zero-order chi connectivity index (χ0) is 40.8. The van der Waals surface area contributed by atoms with Gasteiger partial charge in [0.25, 0.3) is 0 Å². The molecule has 0 saturated carbocycles. The molecule has 2 heterocycles. The van der Waals surface area contributed by atoms with E-state index in [4.69, 9.17) is 77.4 Å². The highest BCUT2D eigenvalue weighted by atomic mass is 35.5. The second kappa shape index (κ2) is 17.3. The minimum atomic E-state index is -4.72. The summed E-state index contributed by atoms with van der Waals surface area (Å²) in [6.07, 6.45) is 0.800. The summed E-state index contributed by atoms with van der Waals surface area (Å²) in [5.41, 5.74) is 0.673. The number of benzene rings is 1. The molecule has 0 radical (unpaired) electrons. The lowest BCUT2D eigenvalue weighted by atomic mass is 10.1. The normalized spacial score (nSPS) is 35.8. The summed E-state index contributed by atoms with van der Waals surface area (Å²) in [4.78, 5) is 0. The highest BCUT2D eigenvalue weighted by Gasteiger charge is 2.43. The van der Waals surface area contributed by atoms with Gasteiger partial charge in [0.15, 0.2) is 0 Å². The van der Waals surface area contributed by atoms with Crippen LogP contribution in [0.2, 0.25) is 0 Å². The SMILES string of the molecule is [2H]C([2H])(Cl)C([3H])([3H])N(C([3H])([3H])C([2H])([2H])Cl)P1(=O)NCCCO1.[2H]C([2H])(Cl)C([3H])([3H])N(C([3H])([3H])C([2H])([2H])Cl)P1(=O)OCCCN1C(C)c1ccccc1. The molecule has 8 nitrogen and oxygen atoms in total. The molecule has 0 aromatic heterocycles. The lowest BCUT2D eigenvalue weighted by molar-refractivity contribution is 0.148. The van der Waals surface area contributed by atoms with Gasteiger partial charge in [-0.25, -0.2) is 19.1 Å². The van der Waals surface area contributed by atoms with Gasteiger partial charge in [0.2, 0.25) is 0 Å². The van der Waals surface area contributed by atoms with E-state index in [0.29, 0.717) is 18.4 Å². The molecule has 0 aliphatic carbocycles. The van der Waals surface area contributed by atoms with Crippen LogP contribution in [0.4, 0.5) is 0 Å². The Morgan fingerprint density at radius 1 is 1.00 bits per heavy atom. The van der Waals surface area contributed by atoms with Crippen molar-refractivity contribution in [2.45, 2.75) is 25.8 Å². The van der Waals surface area contributed by atoms with Crippen LogP contribution in [0, 0.1) is 0 Å². The number of hydrogen-bond acceptors (Lipinski definition) is 4. The topological polar surface area (TPSA) is 74.4 Å². The van der Waals surface area contributed by atoms with E-state index < -0.39 is 70.7 Å². The maximum absolute atomic E-state index is 14.2. The van der Waals surface area contributed by atoms with Crippen molar-refractivity contribution >= 4 is 61.7 Å². The molecule has 1 N–H and O–H groups in total. The fourth-order valence-electron chi connectivity index (χ4n) is 3.23. The van der Waals surface area contributed by atoms with Crippen LogP contribution in [-0.4, -0.2) is 89.6 Å². The maximum atomic E-state index is 14.2. The van der Waals surface area contributed by atoms with Crippen LogP contribution in [0.1, 0.15) is 53.3 Å². The molecule has 3 rings (SSSR count). The lowest BCUT2D eigenvalue weighted by Crippen LogP contribution is -2.40. The van der Waals surface area contributed by atoms with Gasteiger partial charge in [0, 0.05) is 90.4 Å². The quantitative estimate of drug-likeness (QED) is 0.211. The average molecular weight is 650 g/mol. The third-order valence-electron chi connectivity index (χ3n) is 4.85. The number of halogens is 4. The molecule has 2 aliphatic rings. The molecule has 0 spiro atoms. The molecule has 0 amide bonds. The van der Waals surface area contributed by atoms with E-state index in [0.717, 1.165) is 0 Å². The summed E-state index contributed by atoms with van der Waals surface area (Å²) in [5.74, 6) is -12.9. The van der Waals surface area contributed by atoms with Crippen LogP contribution < -0.4 is 5.09 Å². The van der Waals surface area contributed by atoms with Crippen molar-refractivity contribution in [1.82, 2.24) is 19.1 Å². The Labute approximate surface area is 258 Å². The van der Waals surface area contributed by atoms with E-state index in [1.54, 1.807) is 37.3 Å². The number of rotatable bonds is 12. The lowest BCUT2D eigenvalue weighted by Gasteiger charge is -2.43. The predicted octanol–water partition coefficient (Wildman–Crippen LogP) is 6.24. The zero-order valence-electron chi connectivity index (χ0n) is 35.1. The number of nitrogens with zero attached hydrogens (tertiary/aromatic N) is 3. The van der Waals surface area contributed by atoms with Crippen LogP contribution in [0.15, 0.2) is 30.3 Å². The van der Waals surface area contributed by atoms with Gasteiger partial charge in [-0.05, 0) is 25.3 Å². The largest absolute Gasteiger partial charge is 0.346 e. The number of nitrogens with one attached hydrogen (secondary N) is 1. The van der Waals surface area contributed by atoms with Crippen molar-refractivity contribution in [3.8, 4) is 0 Å². The highest BCUT2D eigenvalue weighted by molar-refractivity contribution is 7.54. The van der Waals surface area contributed by atoms with Crippen LogP contribution >= 0.6 is 61.7 Å². The Morgan fingerprint density at radius 3 is 2.08 bits per heavy atom. The number of alkyl halides is 4. The predicted molar refractivity (Wildman–Crippen MR) is 152 cm³/mol. The van der Waals surface area contributed by atoms with Crippen molar-refractivity contribution in [3.05, 3.63) is 35.9 Å². The van der Waals surface area contributed by atoms with Gasteiger partial charge in [-0.1, -0.05) is 30.3 Å². The summed E-state index contributed by atoms with van der Waals surface area (Å²) in [6, 6.07) is 8.07. The van der Waals surface area contributed by atoms with Crippen LogP contribution in [0.25, 0.3) is 0 Å². The third-order valence-corrected chi connectivity index (χ3v) is 9.49. The van der Waals surface area contributed by atoms with Crippen LogP contribution in [0.3, 0.4) is 0 Å². The molecule has 3 atom stereocenters. The van der Waals surface area contributed by atoms with Crippen LogP contribution in [0.5, 0.6) is 0 Å². The van der Waals surface area contributed by atoms with Gasteiger partial charge in [0.1, 0.15) is 0 Å². The van der Waals surface area contributed by atoms with Gasteiger partial charge in [-0.3, -0.25) is 9.13 Å². The van der Waals surface area contributed by atoms with Gasteiger partial charge >= 0.3 is 15.3 Å². The fraction of sp³-hybridized carbons (Fsp3) is 0.727. The molecular weight excluding hydrogens is 588 g/mol. The van der Waals surface area contributed by atoms with E-state index in [1.165, 1.54) is 4.67 Å². The molecule has 2 fully saturated rings. The van der Waals surface area contributed by atoms with E-state index in [2.05, 4.69) is 5.09 Å². The minimum Gasteiger partial charge on any atom is -0.306 e. The van der Waals surface area contributed by atoms with Crippen molar-refractivity contribution < 1.29 is 40.1 Å². The maximum Gasteiger partial charge on any atom is 0.346 e. The second-order valence-electron chi connectivity index (χ2n) is 6.99. The summed E-state index contributed by atoms with van der Waals surface area (Å²) in [6.45, 7) is -12.1. The smallest absolute Gasteiger partial charge is 0.306 e. The molecule has 1 aromatic rings. The summed E-state index contributed by atoms with van der Waals surface area (Å²) in [7, 11) is -9.20. The first-order valence-corrected chi connectivity index (χ1v) is 15.1. The minimum absolute atomic E-state index is 0.0799. The summed E-state index contributed by atoms with van der Waals surface area (Å²) < 4.78 is 162. The average Bonchev–Trinajstić information content (AvgIpc) is 2.95. The molecule has 0 bridgehead atoms. The molecule has 2 aliphatic heterocycles. The Kier molecular flexibility index (Phi) is 7.77. The Bertz CT molecular complexity index is 1410. The second-order valence-corrected chi connectivity index (χ2v) is 11.9. The van der Waals surface area contributed by atoms with Crippen molar-refractivity contribution in [1.29, 1.82) is 0 Å². The molecule has 208 valence electrons. The molecule has 36 heavy (non-hydrogen) atoms. The third kappa shape index (κ3) is 9.36. The highest BCUT2D eigenvalue weighted by Crippen LogP contribution is 2.59. The standard InChI is InChI=1S/C15H23Cl2N2O2P.C7H15Cl2N2O2P/c1-14(15-6-3-2-4-7-15)19-10-5-13-21-22(19,20)18(11-8-16)12-9-17;8-2-5-11(6-3-9)14(12)10-4-1-7-13-14/h2-4,6-7,14H,5,8-13H2,1H3;1-7H2,(H,10,12)/i8D2,9D2,11T2,12T2;2D2,3D2,5T2,6T2.